The maximum absolute atomic E-state index is 11.7. The molecule has 0 saturated carbocycles. The molecule has 0 saturated heterocycles. The summed E-state index contributed by atoms with van der Waals surface area (Å²) in [6.45, 7) is 5.97. The van der Waals surface area contributed by atoms with Gasteiger partial charge in [0, 0.05) is 24.5 Å². The Kier molecular flexibility index (Phi) is 6.11. The zero-order chi connectivity index (χ0) is 19.9. The van der Waals surface area contributed by atoms with Gasteiger partial charge in [0.25, 0.3) is 0 Å². The Morgan fingerprint density at radius 1 is 1.18 bits per heavy atom. The van der Waals surface area contributed by atoms with Crippen molar-refractivity contribution in [3.63, 3.8) is 0 Å². The van der Waals surface area contributed by atoms with Gasteiger partial charge < -0.3 is 5.32 Å². The van der Waals surface area contributed by atoms with E-state index in [1.807, 2.05) is 62.4 Å². The molecule has 3 aromatic rings. The van der Waals surface area contributed by atoms with Gasteiger partial charge in [0.15, 0.2) is 11.4 Å². The summed E-state index contributed by atoms with van der Waals surface area (Å²) in [7, 11) is 0. The number of nitrogens with zero attached hydrogens (tertiary/aromatic N) is 4. The van der Waals surface area contributed by atoms with Crippen LogP contribution in [0.25, 0.3) is 11.2 Å². The molecule has 0 spiro atoms. The van der Waals surface area contributed by atoms with Gasteiger partial charge in [-0.1, -0.05) is 18.2 Å². The summed E-state index contributed by atoms with van der Waals surface area (Å²) in [6, 6.07) is 7.74. The number of pyridine rings is 1. The lowest BCUT2D eigenvalue weighted by atomic mass is 10.1. The van der Waals surface area contributed by atoms with Crippen LogP contribution in [0.3, 0.4) is 0 Å². The Labute approximate surface area is 164 Å². The van der Waals surface area contributed by atoms with Crippen LogP contribution in [-0.2, 0) is 11.3 Å². The van der Waals surface area contributed by atoms with E-state index in [4.69, 9.17) is 0 Å². The van der Waals surface area contributed by atoms with Gasteiger partial charge in [0.2, 0.25) is 0 Å². The van der Waals surface area contributed by atoms with Gasteiger partial charge >= 0.3 is 0 Å². The SMILES string of the molecule is C\C=C/C=C(\C=C(/C)C(C)=O)c1cnc2ccc(NCc3ccncc3)nn12. The Hall–Kier alpha value is -3.54. The third-order valence-corrected chi connectivity index (χ3v) is 4.28. The van der Waals surface area contributed by atoms with Crippen LogP contribution in [0.15, 0.2) is 72.7 Å². The summed E-state index contributed by atoms with van der Waals surface area (Å²) in [5.41, 5.74) is 4.23. The van der Waals surface area contributed by atoms with Crippen LogP contribution in [0.5, 0.6) is 0 Å². The van der Waals surface area contributed by atoms with E-state index in [1.165, 1.54) is 0 Å². The average Bonchev–Trinajstić information content (AvgIpc) is 3.13. The lowest BCUT2D eigenvalue weighted by Gasteiger charge is -2.08. The molecule has 0 bridgehead atoms. The van der Waals surface area contributed by atoms with Crippen molar-refractivity contribution in [2.75, 3.05) is 5.32 Å². The largest absolute Gasteiger partial charge is 0.365 e. The fourth-order valence-electron chi connectivity index (χ4n) is 2.60. The number of allylic oxidation sites excluding steroid dienone is 6. The highest BCUT2D eigenvalue weighted by molar-refractivity contribution is 5.95. The summed E-state index contributed by atoms with van der Waals surface area (Å²) in [5.74, 6) is 0.772. The monoisotopic (exact) mass is 373 g/mol. The number of fused-ring (bicyclic) bond motifs is 1. The van der Waals surface area contributed by atoms with Crippen LogP contribution in [0.1, 0.15) is 32.0 Å². The van der Waals surface area contributed by atoms with Gasteiger partial charge in [-0.2, -0.15) is 0 Å². The molecule has 28 heavy (non-hydrogen) atoms. The van der Waals surface area contributed by atoms with Gasteiger partial charge in [-0.3, -0.25) is 9.78 Å². The quantitative estimate of drug-likeness (QED) is 0.496. The number of anilines is 1. The number of imidazole rings is 1. The minimum Gasteiger partial charge on any atom is -0.365 e. The van der Waals surface area contributed by atoms with Crippen LogP contribution in [0.2, 0.25) is 0 Å². The van der Waals surface area contributed by atoms with Crippen molar-refractivity contribution in [3.8, 4) is 0 Å². The Bertz CT molecular complexity index is 1060. The fourth-order valence-corrected chi connectivity index (χ4v) is 2.60. The van der Waals surface area contributed by atoms with Crippen molar-refractivity contribution < 1.29 is 4.79 Å². The van der Waals surface area contributed by atoms with Crippen molar-refractivity contribution in [1.82, 2.24) is 19.6 Å². The number of carbonyl (C=O) groups is 1. The first-order valence-corrected chi connectivity index (χ1v) is 9.08. The van der Waals surface area contributed by atoms with Crippen LogP contribution in [0, 0.1) is 0 Å². The number of ketones is 1. The van der Waals surface area contributed by atoms with Crippen LogP contribution in [-0.4, -0.2) is 25.4 Å². The molecule has 6 nitrogen and oxygen atoms in total. The topological polar surface area (TPSA) is 72.2 Å². The van der Waals surface area contributed by atoms with E-state index in [0.717, 1.165) is 28.3 Å². The predicted molar refractivity (Wildman–Crippen MR) is 112 cm³/mol. The molecule has 0 aromatic carbocycles. The van der Waals surface area contributed by atoms with Gasteiger partial charge in [-0.15, -0.1) is 5.10 Å². The van der Waals surface area contributed by atoms with Crippen molar-refractivity contribution in [2.24, 2.45) is 0 Å². The number of rotatable bonds is 7. The van der Waals surface area contributed by atoms with Gasteiger partial charge in [0.05, 0.1) is 11.9 Å². The number of nitrogens with one attached hydrogen (secondary N) is 1. The molecule has 3 rings (SSSR count). The Balaban J connectivity index is 1.96. The molecule has 0 radical (unpaired) electrons. The number of hydrogen-bond acceptors (Lipinski definition) is 5. The molecule has 6 heteroatoms. The van der Waals surface area contributed by atoms with Crippen LogP contribution < -0.4 is 5.32 Å². The maximum Gasteiger partial charge on any atom is 0.155 e. The number of Topliss-reactive ketones (excluding diaryl/α,β-unsaturated/α-hetero) is 1. The first-order chi connectivity index (χ1) is 13.6. The third-order valence-electron chi connectivity index (χ3n) is 4.28. The smallest absolute Gasteiger partial charge is 0.155 e. The van der Waals surface area contributed by atoms with Crippen LogP contribution >= 0.6 is 0 Å². The highest BCUT2D eigenvalue weighted by Gasteiger charge is 2.10. The summed E-state index contributed by atoms with van der Waals surface area (Å²) >= 11 is 0. The second-order valence-corrected chi connectivity index (χ2v) is 6.37. The van der Waals surface area contributed by atoms with E-state index < -0.39 is 0 Å². The standard InChI is InChI=1S/C22H23N5O/c1-4-5-6-19(13-16(2)17(3)28)20-15-25-22-8-7-21(26-27(20)22)24-14-18-9-11-23-12-10-18/h4-13,15H,14H2,1-3H3,(H,24,26)/b5-4-,16-13+,19-6+. The van der Waals surface area contributed by atoms with Crippen molar-refractivity contribution in [3.05, 3.63) is 84.0 Å². The van der Waals surface area contributed by atoms with Gasteiger partial charge in [0.1, 0.15) is 5.82 Å². The highest BCUT2D eigenvalue weighted by atomic mass is 16.1. The zero-order valence-corrected chi connectivity index (χ0v) is 16.3. The molecule has 142 valence electrons. The molecular weight excluding hydrogens is 350 g/mol. The molecule has 0 aliphatic carbocycles. The number of carbonyl (C=O) groups excluding carboxylic acids is 1. The molecule has 0 fully saturated rings. The van der Waals surface area contributed by atoms with Gasteiger partial charge in [-0.25, -0.2) is 9.50 Å². The Morgan fingerprint density at radius 2 is 1.96 bits per heavy atom. The van der Waals surface area contributed by atoms with E-state index in [-0.39, 0.29) is 5.78 Å². The normalized spacial score (nSPS) is 12.7. The minimum absolute atomic E-state index is 0.0351. The Morgan fingerprint density at radius 3 is 2.68 bits per heavy atom. The molecule has 0 aliphatic heterocycles. The lowest BCUT2D eigenvalue weighted by Crippen LogP contribution is -2.05. The van der Waals surface area contributed by atoms with E-state index in [1.54, 1.807) is 30.0 Å². The lowest BCUT2D eigenvalue weighted by molar-refractivity contribution is -0.113. The number of aromatic nitrogens is 4. The fraction of sp³-hybridized carbons (Fsp3) is 0.182. The zero-order valence-electron chi connectivity index (χ0n) is 16.3. The molecule has 0 amide bonds. The van der Waals surface area contributed by atoms with Gasteiger partial charge in [-0.05, 0) is 62.2 Å². The molecule has 3 heterocycles. The van der Waals surface area contributed by atoms with Crippen molar-refractivity contribution in [2.45, 2.75) is 27.3 Å². The van der Waals surface area contributed by atoms with Crippen LogP contribution in [0.4, 0.5) is 5.82 Å². The summed E-state index contributed by atoms with van der Waals surface area (Å²) in [6.07, 6.45) is 13.0. The second-order valence-electron chi connectivity index (χ2n) is 6.37. The van der Waals surface area contributed by atoms with E-state index in [0.29, 0.717) is 12.1 Å². The molecule has 3 aromatic heterocycles. The average molecular weight is 373 g/mol. The minimum atomic E-state index is 0.0351. The molecule has 0 atom stereocenters. The highest BCUT2D eigenvalue weighted by Crippen LogP contribution is 2.20. The second kappa shape index (κ2) is 8.90. The summed E-state index contributed by atoms with van der Waals surface area (Å²) in [5, 5.41) is 8.00. The molecular formula is C22H23N5O. The van der Waals surface area contributed by atoms with E-state index in [2.05, 4.69) is 20.4 Å². The molecule has 1 N–H and O–H groups in total. The third kappa shape index (κ3) is 4.59. The van der Waals surface area contributed by atoms with Crippen molar-refractivity contribution >= 4 is 22.8 Å². The first-order valence-electron chi connectivity index (χ1n) is 9.08. The van der Waals surface area contributed by atoms with E-state index >= 15 is 0 Å². The molecule has 0 aliphatic rings. The summed E-state index contributed by atoms with van der Waals surface area (Å²) < 4.78 is 1.79. The maximum atomic E-state index is 11.7. The van der Waals surface area contributed by atoms with E-state index in [9.17, 15) is 4.79 Å². The predicted octanol–water partition coefficient (Wildman–Crippen LogP) is 4.23. The van der Waals surface area contributed by atoms with Crippen molar-refractivity contribution in [1.29, 1.82) is 0 Å². The first kappa shape index (κ1) is 19.2. The molecule has 0 unspecified atom stereocenters. The number of hydrogen-bond donors (Lipinski definition) is 1. The summed E-state index contributed by atoms with van der Waals surface area (Å²) in [4.78, 5) is 20.2.